The van der Waals surface area contributed by atoms with Crippen LogP contribution < -0.4 is 5.32 Å². The number of nitrogens with one attached hydrogen (secondary N) is 1. The summed E-state index contributed by atoms with van der Waals surface area (Å²) in [5, 5.41) is 3.23. The third kappa shape index (κ3) is 3.33. The average molecular weight is 351 g/mol. The Hall–Kier alpha value is -3.06. The first-order chi connectivity index (χ1) is 13.1. The van der Waals surface area contributed by atoms with E-state index in [1.54, 1.807) is 0 Å². The number of benzene rings is 3. The van der Waals surface area contributed by atoms with Crippen molar-refractivity contribution >= 4 is 5.57 Å². The Morgan fingerprint density at radius 2 is 1.26 bits per heavy atom. The molecular weight excluding hydrogens is 326 g/mol. The minimum atomic E-state index is 0.886. The van der Waals surface area contributed by atoms with E-state index < -0.39 is 0 Å². The summed E-state index contributed by atoms with van der Waals surface area (Å²) in [5.41, 5.74) is 11.8. The molecule has 1 heterocycles. The van der Waals surface area contributed by atoms with Crippen LogP contribution in [0.3, 0.4) is 0 Å². The van der Waals surface area contributed by atoms with Gasteiger partial charge in [-0.1, -0.05) is 72.3 Å². The monoisotopic (exact) mass is 351 g/mol. The van der Waals surface area contributed by atoms with Crippen molar-refractivity contribution in [3.63, 3.8) is 0 Å². The highest BCUT2D eigenvalue weighted by molar-refractivity contribution is 5.85. The zero-order valence-corrected chi connectivity index (χ0v) is 16.2. The molecule has 0 unspecified atom stereocenters. The maximum atomic E-state index is 3.23. The number of hydrogen-bond acceptors (Lipinski definition) is 1. The van der Waals surface area contributed by atoms with E-state index in [2.05, 4.69) is 98.9 Å². The quantitative estimate of drug-likeness (QED) is 0.572. The van der Waals surface area contributed by atoms with E-state index in [4.69, 9.17) is 0 Å². The molecule has 0 aromatic heterocycles. The molecule has 0 saturated heterocycles. The smallest absolute Gasteiger partial charge is 0.0334 e. The minimum Gasteiger partial charge on any atom is -0.387 e. The second kappa shape index (κ2) is 7.28. The molecule has 134 valence electrons. The van der Waals surface area contributed by atoms with Crippen LogP contribution in [0, 0.1) is 20.8 Å². The molecule has 0 spiro atoms. The molecule has 4 rings (SSSR count). The van der Waals surface area contributed by atoms with Crippen LogP contribution >= 0.6 is 0 Å². The van der Waals surface area contributed by atoms with Gasteiger partial charge in [0.1, 0.15) is 0 Å². The lowest BCUT2D eigenvalue weighted by atomic mass is 9.87. The Labute approximate surface area is 162 Å². The van der Waals surface area contributed by atoms with Gasteiger partial charge >= 0.3 is 0 Å². The summed E-state index contributed by atoms with van der Waals surface area (Å²) < 4.78 is 0. The molecule has 0 aliphatic carbocycles. The summed E-state index contributed by atoms with van der Waals surface area (Å²) in [5.74, 6) is 0. The van der Waals surface area contributed by atoms with Gasteiger partial charge in [0.05, 0.1) is 0 Å². The zero-order chi connectivity index (χ0) is 18.8. The fourth-order valence-electron chi connectivity index (χ4n) is 3.87. The minimum absolute atomic E-state index is 0.886. The van der Waals surface area contributed by atoms with Crippen LogP contribution in [0.4, 0.5) is 0 Å². The molecule has 0 amide bonds. The molecule has 1 N–H and O–H groups in total. The molecule has 3 aromatic carbocycles. The van der Waals surface area contributed by atoms with E-state index in [0.29, 0.717) is 0 Å². The standard InChI is InChI=1S/C26H25N/c1-18-10-12-21(13-11-18)23-6-4-8-25(19(23)2)26-9-5-7-24(20(26)3)22-14-16-27-17-15-22/h4-16,27H,17H2,1-3H3. The van der Waals surface area contributed by atoms with Crippen LogP contribution in [-0.4, -0.2) is 6.54 Å². The summed E-state index contributed by atoms with van der Waals surface area (Å²) >= 11 is 0. The maximum absolute atomic E-state index is 3.23. The Balaban J connectivity index is 1.83. The number of hydrogen-bond donors (Lipinski definition) is 1. The molecule has 0 radical (unpaired) electrons. The van der Waals surface area contributed by atoms with Crippen LogP contribution in [0.1, 0.15) is 22.3 Å². The van der Waals surface area contributed by atoms with Gasteiger partial charge in [0, 0.05) is 6.54 Å². The third-order valence-electron chi connectivity index (χ3n) is 5.45. The van der Waals surface area contributed by atoms with E-state index in [0.717, 1.165) is 6.54 Å². The van der Waals surface area contributed by atoms with Gasteiger partial charge in [-0.2, -0.15) is 0 Å². The van der Waals surface area contributed by atoms with Crippen molar-refractivity contribution in [2.45, 2.75) is 20.8 Å². The van der Waals surface area contributed by atoms with Gasteiger partial charge in [-0.25, -0.2) is 0 Å². The van der Waals surface area contributed by atoms with Crippen molar-refractivity contribution < 1.29 is 0 Å². The molecule has 1 nitrogen and oxygen atoms in total. The Bertz CT molecular complexity index is 1040. The molecule has 0 bridgehead atoms. The maximum Gasteiger partial charge on any atom is 0.0334 e. The molecule has 1 heteroatoms. The van der Waals surface area contributed by atoms with Gasteiger partial charge in [-0.3, -0.25) is 0 Å². The largest absolute Gasteiger partial charge is 0.387 e. The van der Waals surface area contributed by atoms with Crippen LogP contribution in [-0.2, 0) is 0 Å². The molecule has 0 fully saturated rings. The Kier molecular flexibility index (Phi) is 4.68. The van der Waals surface area contributed by atoms with E-state index in [1.165, 1.54) is 50.1 Å². The molecule has 0 saturated carbocycles. The lowest BCUT2D eigenvalue weighted by molar-refractivity contribution is 0.975. The predicted octanol–water partition coefficient (Wildman–Crippen LogP) is 6.45. The molecule has 1 aliphatic rings. The van der Waals surface area contributed by atoms with E-state index in [9.17, 15) is 0 Å². The summed E-state index contributed by atoms with van der Waals surface area (Å²) in [6.07, 6.45) is 6.44. The Morgan fingerprint density at radius 1 is 0.667 bits per heavy atom. The van der Waals surface area contributed by atoms with Crippen LogP contribution in [0.25, 0.3) is 27.8 Å². The van der Waals surface area contributed by atoms with Gasteiger partial charge < -0.3 is 5.32 Å². The van der Waals surface area contributed by atoms with Crippen molar-refractivity contribution in [2.75, 3.05) is 6.54 Å². The zero-order valence-electron chi connectivity index (χ0n) is 16.2. The normalized spacial score (nSPS) is 13.2. The highest BCUT2D eigenvalue weighted by atomic mass is 14.8. The van der Waals surface area contributed by atoms with E-state index >= 15 is 0 Å². The first-order valence-corrected chi connectivity index (χ1v) is 9.52. The van der Waals surface area contributed by atoms with Crippen LogP contribution in [0.15, 0.2) is 79.0 Å². The fourth-order valence-corrected chi connectivity index (χ4v) is 3.87. The van der Waals surface area contributed by atoms with Gasteiger partial charge in [0.15, 0.2) is 0 Å². The SMILES string of the molecule is Cc1ccc(-c2cccc(-c3cccc(C4=CCNC=C4)c3C)c2C)cc1. The van der Waals surface area contributed by atoms with Crippen molar-refractivity contribution in [3.05, 3.63) is 101 Å². The van der Waals surface area contributed by atoms with Crippen molar-refractivity contribution in [1.82, 2.24) is 5.32 Å². The van der Waals surface area contributed by atoms with Crippen molar-refractivity contribution in [1.29, 1.82) is 0 Å². The lowest BCUT2D eigenvalue weighted by Crippen LogP contribution is -2.08. The topological polar surface area (TPSA) is 12.0 Å². The van der Waals surface area contributed by atoms with Crippen LogP contribution in [0.2, 0.25) is 0 Å². The number of rotatable bonds is 3. The van der Waals surface area contributed by atoms with Crippen molar-refractivity contribution in [2.24, 2.45) is 0 Å². The predicted molar refractivity (Wildman–Crippen MR) is 117 cm³/mol. The Morgan fingerprint density at radius 3 is 1.89 bits per heavy atom. The summed E-state index contributed by atoms with van der Waals surface area (Å²) in [6.45, 7) is 7.49. The van der Waals surface area contributed by atoms with E-state index in [1.807, 2.05) is 6.20 Å². The average Bonchev–Trinajstić information content (AvgIpc) is 2.70. The second-order valence-electron chi connectivity index (χ2n) is 7.22. The number of allylic oxidation sites excluding steroid dienone is 2. The van der Waals surface area contributed by atoms with Gasteiger partial charge in [-0.05, 0) is 77.6 Å². The highest BCUT2D eigenvalue weighted by Gasteiger charge is 2.13. The molecule has 1 aliphatic heterocycles. The van der Waals surface area contributed by atoms with Crippen molar-refractivity contribution in [3.8, 4) is 22.3 Å². The lowest BCUT2D eigenvalue weighted by Gasteiger charge is -2.18. The fraction of sp³-hybridized carbons (Fsp3) is 0.154. The molecular formula is C26H25N. The molecule has 0 atom stereocenters. The van der Waals surface area contributed by atoms with Gasteiger partial charge in [0.25, 0.3) is 0 Å². The van der Waals surface area contributed by atoms with Gasteiger partial charge in [0.2, 0.25) is 0 Å². The second-order valence-corrected chi connectivity index (χ2v) is 7.22. The van der Waals surface area contributed by atoms with Crippen LogP contribution in [0.5, 0.6) is 0 Å². The third-order valence-corrected chi connectivity index (χ3v) is 5.45. The summed E-state index contributed by atoms with van der Waals surface area (Å²) in [4.78, 5) is 0. The van der Waals surface area contributed by atoms with Gasteiger partial charge in [-0.15, -0.1) is 0 Å². The molecule has 27 heavy (non-hydrogen) atoms. The van der Waals surface area contributed by atoms with E-state index in [-0.39, 0.29) is 0 Å². The first-order valence-electron chi connectivity index (χ1n) is 9.52. The summed E-state index contributed by atoms with van der Waals surface area (Å²) in [7, 11) is 0. The summed E-state index contributed by atoms with van der Waals surface area (Å²) in [6, 6.07) is 22.1. The number of aryl methyl sites for hydroxylation is 1. The number of dihydropyridines is 1. The first kappa shape index (κ1) is 17.4. The molecule has 3 aromatic rings. The highest BCUT2D eigenvalue weighted by Crippen LogP contribution is 2.36.